The van der Waals surface area contributed by atoms with Crippen molar-refractivity contribution in [3.05, 3.63) is 0 Å². The second-order valence-corrected chi connectivity index (χ2v) is 6.01. The molecule has 0 aromatic carbocycles. The Balaban J connectivity index is 1.91. The van der Waals surface area contributed by atoms with Crippen LogP contribution in [0.1, 0.15) is 33.6 Å². The van der Waals surface area contributed by atoms with Gasteiger partial charge < -0.3 is 14.8 Å². The Labute approximate surface area is 115 Å². The molecular formula is C14H26N2O3. The standard InChI is InChI=1S/C14H26N2O3/c1-4-18-13(17)12-9-15-7-8-16(12)10-11-5-6-14(2,3)19-11/h11-12,15H,4-10H2,1-3H3. The average molecular weight is 270 g/mol. The smallest absolute Gasteiger partial charge is 0.324 e. The van der Waals surface area contributed by atoms with E-state index in [2.05, 4.69) is 24.1 Å². The number of carbonyl (C=O) groups excluding carboxylic acids is 1. The minimum atomic E-state index is -0.166. The topological polar surface area (TPSA) is 50.8 Å². The van der Waals surface area contributed by atoms with E-state index in [9.17, 15) is 4.79 Å². The fourth-order valence-electron chi connectivity index (χ4n) is 2.90. The van der Waals surface area contributed by atoms with Crippen molar-refractivity contribution in [3.8, 4) is 0 Å². The van der Waals surface area contributed by atoms with E-state index in [1.165, 1.54) is 0 Å². The molecule has 1 N–H and O–H groups in total. The number of rotatable bonds is 4. The Hall–Kier alpha value is -0.650. The number of piperazine rings is 1. The van der Waals surface area contributed by atoms with Crippen LogP contribution in [0.25, 0.3) is 0 Å². The number of carbonyl (C=O) groups is 1. The number of ether oxygens (including phenoxy) is 2. The van der Waals surface area contributed by atoms with Crippen LogP contribution in [-0.4, -0.2) is 61.4 Å². The molecule has 110 valence electrons. The third-order valence-corrected chi connectivity index (χ3v) is 3.91. The van der Waals surface area contributed by atoms with Crippen molar-refractivity contribution in [2.24, 2.45) is 0 Å². The van der Waals surface area contributed by atoms with Crippen molar-refractivity contribution >= 4 is 5.97 Å². The van der Waals surface area contributed by atoms with Gasteiger partial charge in [0.15, 0.2) is 0 Å². The van der Waals surface area contributed by atoms with Gasteiger partial charge in [0.1, 0.15) is 6.04 Å². The van der Waals surface area contributed by atoms with Crippen LogP contribution in [0.5, 0.6) is 0 Å². The Morgan fingerprint density at radius 3 is 2.95 bits per heavy atom. The summed E-state index contributed by atoms with van der Waals surface area (Å²) < 4.78 is 11.2. The van der Waals surface area contributed by atoms with Crippen LogP contribution in [0.2, 0.25) is 0 Å². The van der Waals surface area contributed by atoms with E-state index in [-0.39, 0.29) is 23.7 Å². The summed E-state index contributed by atoms with van der Waals surface area (Å²) in [6.07, 6.45) is 2.41. The van der Waals surface area contributed by atoms with E-state index in [1.807, 2.05) is 6.92 Å². The molecule has 0 radical (unpaired) electrons. The molecule has 5 nitrogen and oxygen atoms in total. The molecule has 2 heterocycles. The van der Waals surface area contributed by atoms with E-state index in [0.29, 0.717) is 13.2 Å². The molecule has 5 heteroatoms. The van der Waals surface area contributed by atoms with Crippen molar-refractivity contribution in [3.63, 3.8) is 0 Å². The molecule has 0 saturated carbocycles. The molecular weight excluding hydrogens is 244 g/mol. The van der Waals surface area contributed by atoms with Crippen LogP contribution in [0.3, 0.4) is 0 Å². The molecule has 0 aliphatic carbocycles. The van der Waals surface area contributed by atoms with Crippen LogP contribution in [0.4, 0.5) is 0 Å². The van der Waals surface area contributed by atoms with Crippen molar-refractivity contribution in [2.45, 2.75) is 51.4 Å². The van der Waals surface area contributed by atoms with Crippen molar-refractivity contribution < 1.29 is 14.3 Å². The number of hydrogen-bond acceptors (Lipinski definition) is 5. The van der Waals surface area contributed by atoms with Gasteiger partial charge in [-0.05, 0) is 33.6 Å². The predicted octanol–water partition coefficient (Wildman–Crippen LogP) is 0.781. The van der Waals surface area contributed by atoms with Gasteiger partial charge >= 0.3 is 5.97 Å². The lowest BCUT2D eigenvalue weighted by Crippen LogP contribution is -2.57. The fourth-order valence-corrected chi connectivity index (χ4v) is 2.90. The van der Waals surface area contributed by atoms with Gasteiger partial charge in [0.2, 0.25) is 0 Å². The number of hydrogen-bond donors (Lipinski definition) is 1. The summed E-state index contributed by atoms with van der Waals surface area (Å²) >= 11 is 0. The van der Waals surface area contributed by atoms with Gasteiger partial charge in [0, 0.05) is 26.2 Å². The minimum absolute atomic E-state index is 0.0157. The largest absolute Gasteiger partial charge is 0.465 e. The van der Waals surface area contributed by atoms with Crippen molar-refractivity contribution in [1.82, 2.24) is 10.2 Å². The van der Waals surface area contributed by atoms with E-state index in [1.54, 1.807) is 0 Å². The second-order valence-electron chi connectivity index (χ2n) is 6.01. The van der Waals surface area contributed by atoms with Gasteiger partial charge in [0.25, 0.3) is 0 Å². The zero-order valence-corrected chi connectivity index (χ0v) is 12.3. The zero-order valence-electron chi connectivity index (χ0n) is 12.3. The highest BCUT2D eigenvalue weighted by molar-refractivity contribution is 5.76. The number of nitrogens with zero attached hydrogens (tertiary/aromatic N) is 1. The third-order valence-electron chi connectivity index (χ3n) is 3.91. The molecule has 2 fully saturated rings. The summed E-state index contributed by atoms with van der Waals surface area (Å²) in [5.74, 6) is -0.119. The lowest BCUT2D eigenvalue weighted by molar-refractivity contribution is -0.151. The fraction of sp³-hybridized carbons (Fsp3) is 0.929. The molecule has 2 atom stereocenters. The summed E-state index contributed by atoms with van der Waals surface area (Å²) in [5, 5.41) is 3.26. The average Bonchev–Trinajstić information content (AvgIpc) is 2.69. The molecule has 0 amide bonds. The van der Waals surface area contributed by atoms with E-state index < -0.39 is 0 Å². The summed E-state index contributed by atoms with van der Waals surface area (Å²) in [7, 11) is 0. The SMILES string of the molecule is CCOC(=O)C1CNCCN1CC1CCC(C)(C)O1. The summed E-state index contributed by atoms with van der Waals surface area (Å²) in [6, 6.07) is -0.166. The summed E-state index contributed by atoms with van der Waals surface area (Å²) in [4.78, 5) is 14.2. The van der Waals surface area contributed by atoms with Crippen molar-refractivity contribution in [2.75, 3.05) is 32.8 Å². The van der Waals surface area contributed by atoms with Gasteiger partial charge in [-0.25, -0.2) is 0 Å². The quantitative estimate of drug-likeness (QED) is 0.765. The molecule has 0 aromatic heterocycles. The number of esters is 1. The van der Waals surface area contributed by atoms with E-state index in [4.69, 9.17) is 9.47 Å². The van der Waals surface area contributed by atoms with Crippen molar-refractivity contribution in [1.29, 1.82) is 0 Å². The van der Waals surface area contributed by atoms with Crippen LogP contribution in [0.15, 0.2) is 0 Å². The van der Waals surface area contributed by atoms with Gasteiger partial charge in [-0.1, -0.05) is 0 Å². The molecule has 0 aromatic rings. The second kappa shape index (κ2) is 6.20. The highest BCUT2D eigenvalue weighted by Crippen LogP contribution is 2.30. The van der Waals surface area contributed by atoms with Gasteiger partial charge in [-0.3, -0.25) is 9.69 Å². The normalized spacial score (nSPS) is 31.3. The van der Waals surface area contributed by atoms with Crippen LogP contribution >= 0.6 is 0 Å². The third kappa shape index (κ3) is 3.91. The Kier molecular flexibility index (Phi) is 4.81. The Bertz CT molecular complexity index is 320. The molecule has 2 aliphatic heterocycles. The molecule has 2 rings (SSSR count). The summed E-state index contributed by atoms with van der Waals surface area (Å²) in [5.41, 5.74) is -0.0157. The maximum atomic E-state index is 12.0. The Morgan fingerprint density at radius 2 is 2.32 bits per heavy atom. The Morgan fingerprint density at radius 1 is 1.53 bits per heavy atom. The lowest BCUT2D eigenvalue weighted by atomic mass is 10.0. The lowest BCUT2D eigenvalue weighted by Gasteiger charge is -2.36. The highest BCUT2D eigenvalue weighted by Gasteiger charge is 2.36. The monoisotopic (exact) mass is 270 g/mol. The first kappa shape index (κ1) is 14.8. The maximum Gasteiger partial charge on any atom is 0.324 e. The van der Waals surface area contributed by atoms with Crippen LogP contribution in [0, 0.1) is 0 Å². The van der Waals surface area contributed by atoms with Gasteiger partial charge in [-0.15, -0.1) is 0 Å². The zero-order chi connectivity index (χ0) is 13.9. The van der Waals surface area contributed by atoms with Crippen LogP contribution < -0.4 is 5.32 Å². The molecule has 2 unspecified atom stereocenters. The minimum Gasteiger partial charge on any atom is -0.465 e. The van der Waals surface area contributed by atoms with Crippen LogP contribution in [-0.2, 0) is 14.3 Å². The van der Waals surface area contributed by atoms with E-state index >= 15 is 0 Å². The molecule has 0 spiro atoms. The molecule has 2 saturated heterocycles. The predicted molar refractivity (Wildman–Crippen MR) is 73.0 cm³/mol. The maximum absolute atomic E-state index is 12.0. The first-order chi connectivity index (χ1) is 9.02. The molecule has 2 aliphatic rings. The van der Waals surface area contributed by atoms with Gasteiger partial charge in [-0.2, -0.15) is 0 Å². The highest BCUT2D eigenvalue weighted by atomic mass is 16.5. The first-order valence-corrected chi connectivity index (χ1v) is 7.31. The molecule has 19 heavy (non-hydrogen) atoms. The van der Waals surface area contributed by atoms with E-state index in [0.717, 1.165) is 32.5 Å². The molecule has 0 bridgehead atoms. The first-order valence-electron chi connectivity index (χ1n) is 7.31. The number of nitrogens with one attached hydrogen (secondary N) is 1. The van der Waals surface area contributed by atoms with Gasteiger partial charge in [0.05, 0.1) is 18.3 Å². The summed E-state index contributed by atoms with van der Waals surface area (Å²) in [6.45, 7) is 9.86.